The summed E-state index contributed by atoms with van der Waals surface area (Å²) in [5.74, 6) is 0.952. The van der Waals surface area contributed by atoms with Gasteiger partial charge in [0.15, 0.2) is 0 Å². The summed E-state index contributed by atoms with van der Waals surface area (Å²) in [6.07, 6.45) is 7.27. The van der Waals surface area contributed by atoms with Crippen LogP contribution in [-0.4, -0.2) is 23.1 Å². The van der Waals surface area contributed by atoms with Gasteiger partial charge < -0.3 is 9.88 Å². The fourth-order valence-corrected chi connectivity index (χ4v) is 2.94. The number of anilines is 1. The van der Waals surface area contributed by atoms with Gasteiger partial charge in [0.05, 0.1) is 4.47 Å². The molecule has 1 saturated heterocycles. The van der Waals surface area contributed by atoms with Gasteiger partial charge >= 0.3 is 0 Å². The van der Waals surface area contributed by atoms with Gasteiger partial charge in [-0.3, -0.25) is 0 Å². The van der Waals surface area contributed by atoms with Crippen LogP contribution in [0.15, 0.2) is 4.47 Å². The molecule has 5 heteroatoms. The van der Waals surface area contributed by atoms with Crippen molar-refractivity contribution >= 4 is 34.1 Å². The zero-order valence-corrected chi connectivity index (χ0v) is 13.2. The molecule has 0 bridgehead atoms. The van der Waals surface area contributed by atoms with Gasteiger partial charge in [0, 0.05) is 18.8 Å². The molecule has 1 fully saturated rings. The second-order valence-electron chi connectivity index (χ2n) is 4.81. The highest BCUT2D eigenvalue weighted by molar-refractivity contribution is 9.10. The van der Waals surface area contributed by atoms with E-state index in [-0.39, 0.29) is 0 Å². The van der Waals surface area contributed by atoms with Crippen LogP contribution in [0.5, 0.6) is 0 Å². The second kappa shape index (κ2) is 6.66. The van der Waals surface area contributed by atoms with E-state index in [2.05, 4.69) is 37.7 Å². The average molecular weight is 330 g/mol. The number of nitrogens with zero attached hydrogens (tertiary/aromatic N) is 2. The van der Waals surface area contributed by atoms with Crippen LogP contribution in [0.2, 0.25) is 0 Å². The van der Waals surface area contributed by atoms with E-state index >= 15 is 0 Å². The molecule has 0 aliphatic carbocycles. The summed E-state index contributed by atoms with van der Waals surface area (Å²) in [5.41, 5.74) is 1.18. The predicted molar refractivity (Wildman–Crippen MR) is 81.8 cm³/mol. The first kappa shape index (κ1) is 14.0. The van der Waals surface area contributed by atoms with Crippen molar-refractivity contribution in [2.45, 2.75) is 45.4 Å². The minimum Gasteiger partial charge on any atom is -0.342 e. The van der Waals surface area contributed by atoms with Crippen LogP contribution >= 0.6 is 28.1 Å². The van der Waals surface area contributed by atoms with Crippen LogP contribution in [0.4, 0.5) is 5.95 Å². The van der Waals surface area contributed by atoms with E-state index in [0.29, 0.717) is 4.64 Å². The number of halogens is 1. The summed E-state index contributed by atoms with van der Waals surface area (Å²) in [7, 11) is 0. The molecule has 0 unspecified atom stereocenters. The van der Waals surface area contributed by atoms with Gasteiger partial charge in [-0.05, 0) is 35.2 Å². The third-order valence-electron chi connectivity index (χ3n) is 3.33. The van der Waals surface area contributed by atoms with Crippen molar-refractivity contribution in [1.82, 2.24) is 9.97 Å². The number of aromatic nitrogens is 2. The Morgan fingerprint density at radius 1 is 1.28 bits per heavy atom. The van der Waals surface area contributed by atoms with E-state index in [1.54, 1.807) is 0 Å². The highest BCUT2D eigenvalue weighted by atomic mass is 79.9. The molecule has 3 nitrogen and oxygen atoms in total. The van der Waals surface area contributed by atoms with Crippen molar-refractivity contribution < 1.29 is 0 Å². The smallest absolute Gasteiger partial charge is 0.204 e. The van der Waals surface area contributed by atoms with E-state index in [4.69, 9.17) is 12.2 Å². The standard InChI is InChI=1S/C13H20BrN3S/c1-2-7-10-11(14)12(18)16-13(15-10)17-8-5-3-4-6-9-17/h2-9H2,1H3,(H,15,16,18). The van der Waals surface area contributed by atoms with Gasteiger partial charge in [0.2, 0.25) is 5.95 Å². The third kappa shape index (κ3) is 3.32. The van der Waals surface area contributed by atoms with Gasteiger partial charge in [0.25, 0.3) is 0 Å². The van der Waals surface area contributed by atoms with Crippen LogP contribution in [0.25, 0.3) is 0 Å². The molecular weight excluding hydrogens is 310 g/mol. The normalized spacial score (nSPS) is 16.7. The summed E-state index contributed by atoms with van der Waals surface area (Å²) in [4.78, 5) is 10.3. The Morgan fingerprint density at radius 2 is 1.94 bits per heavy atom. The molecule has 1 aliphatic heterocycles. The van der Waals surface area contributed by atoms with Gasteiger partial charge in [0.1, 0.15) is 4.64 Å². The number of hydrogen-bond donors (Lipinski definition) is 1. The van der Waals surface area contributed by atoms with Crippen LogP contribution < -0.4 is 4.90 Å². The monoisotopic (exact) mass is 329 g/mol. The number of H-pyrrole nitrogens is 1. The number of aromatic amines is 1. The molecule has 2 heterocycles. The van der Waals surface area contributed by atoms with E-state index in [1.165, 1.54) is 31.4 Å². The quantitative estimate of drug-likeness (QED) is 0.842. The lowest BCUT2D eigenvalue weighted by Gasteiger charge is -2.22. The van der Waals surface area contributed by atoms with Crippen LogP contribution in [0.1, 0.15) is 44.7 Å². The lowest BCUT2D eigenvalue weighted by molar-refractivity contribution is 0.726. The molecule has 18 heavy (non-hydrogen) atoms. The van der Waals surface area contributed by atoms with Crippen molar-refractivity contribution in [3.8, 4) is 0 Å². The summed E-state index contributed by atoms with van der Waals surface area (Å²) in [6, 6.07) is 0. The Morgan fingerprint density at radius 3 is 2.56 bits per heavy atom. The lowest BCUT2D eigenvalue weighted by Crippen LogP contribution is -2.26. The number of rotatable bonds is 3. The van der Waals surface area contributed by atoms with E-state index in [9.17, 15) is 0 Å². The van der Waals surface area contributed by atoms with Crippen LogP contribution in [-0.2, 0) is 6.42 Å². The maximum atomic E-state index is 5.34. The lowest BCUT2D eigenvalue weighted by atomic mass is 10.2. The molecule has 0 saturated carbocycles. The summed E-state index contributed by atoms with van der Waals surface area (Å²) in [6.45, 7) is 4.35. The molecule has 1 aromatic rings. The number of aryl methyl sites for hydroxylation is 1. The minimum atomic E-state index is 0.677. The topological polar surface area (TPSA) is 31.9 Å². The zero-order valence-electron chi connectivity index (χ0n) is 10.8. The van der Waals surface area contributed by atoms with E-state index in [1.807, 2.05) is 0 Å². The second-order valence-corrected chi connectivity index (χ2v) is 5.99. The molecule has 0 spiro atoms. The average Bonchev–Trinajstić information content (AvgIpc) is 2.63. The Balaban J connectivity index is 2.29. The van der Waals surface area contributed by atoms with Crippen molar-refractivity contribution in [3.63, 3.8) is 0 Å². The van der Waals surface area contributed by atoms with Crippen LogP contribution in [0, 0.1) is 4.64 Å². The predicted octanol–water partition coefficient (Wildman–Crippen LogP) is 4.23. The molecule has 0 aromatic carbocycles. The highest BCUT2D eigenvalue weighted by Crippen LogP contribution is 2.22. The molecule has 0 amide bonds. The summed E-state index contributed by atoms with van der Waals surface area (Å²) >= 11 is 8.88. The Labute approximate surface area is 122 Å². The molecule has 100 valence electrons. The number of nitrogens with one attached hydrogen (secondary N) is 1. The van der Waals surface area contributed by atoms with Gasteiger partial charge in [-0.15, -0.1) is 0 Å². The van der Waals surface area contributed by atoms with Crippen molar-refractivity contribution in [3.05, 3.63) is 14.8 Å². The number of hydrogen-bond acceptors (Lipinski definition) is 3. The Bertz CT molecular complexity index is 450. The Hall–Kier alpha value is -0.420. The van der Waals surface area contributed by atoms with Gasteiger partial charge in [-0.25, -0.2) is 4.98 Å². The first-order chi connectivity index (χ1) is 8.72. The fourth-order valence-electron chi connectivity index (χ4n) is 2.35. The third-order valence-corrected chi connectivity index (χ3v) is 4.74. The zero-order chi connectivity index (χ0) is 13.0. The van der Waals surface area contributed by atoms with Crippen molar-refractivity contribution in [2.24, 2.45) is 0 Å². The minimum absolute atomic E-state index is 0.677. The van der Waals surface area contributed by atoms with Gasteiger partial charge in [-0.2, -0.15) is 0 Å². The maximum Gasteiger partial charge on any atom is 0.204 e. The SMILES string of the molecule is CCCc1[nH]c(N2CCCCCC2)nc(=S)c1Br. The molecule has 1 aliphatic rings. The summed E-state index contributed by atoms with van der Waals surface area (Å²) < 4.78 is 1.63. The fraction of sp³-hybridized carbons (Fsp3) is 0.692. The molecule has 1 N–H and O–H groups in total. The molecule has 0 atom stereocenters. The van der Waals surface area contributed by atoms with Crippen molar-refractivity contribution in [1.29, 1.82) is 0 Å². The molecule has 2 rings (SSSR count). The first-order valence-electron chi connectivity index (χ1n) is 6.76. The van der Waals surface area contributed by atoms with Crippen LogP contribution in [0.3, 0.4) is 0 Å². The van der Waals surface area contributed by atoms with E-state index < -0.39 is 0 Å². The summed E-state index contributed by atoms with van der Waals surface area (Å²) in [5, 5.41) is 0. The van der Waals surface area contributed by atoms with E-state index in [0.717, 1.165) is 36.4 Å². The van der Waals surface area contributed by atoms with Crippen molar-refractivity contribution in [2.75, 3.05) is 18.0 Å². The first-order valence-corrected chi connectivity index (χ1v) is 7.96. The molecular formula is C13H20BrN3S. The highest BCUT2D eigenvalue weighted by Gasteiger charge is 2.14. The van der Waals surface area contributed by atoms with Gasteiger partial charge in [-0.1, -0.05) is 38.4 Å². The maximum absolute atomic E-state index is 5.34. The molecule has 0 radical (unpaired) electrons. The largest absolute Gasteiger partial charge is 0.342 e. The Kier molecular flexibility index (Phi) is 5.18. The molecule has 1 aromatic heterocycles.